The average Bonchev–Trinajstić information content (AvgIpc) is 3.02. The van der Waals surface area contributed by atoms with Gasteiger partial charge in [-0.1, -0.05) is 17.7 Å². The first-order valence-electron chi connectivity index (χ1n) is 8.12. The summed E-state index contributed by atoms with van der Waals surface area (Å²) in [5.41, 5.74) is 2.44. The number of hydrogen-bond acceptors (Lipinski definition) is 3. The summed E-state index contributed by atoms with van der Waals surface area (Å²) in [5.74, 6) is 0.424. The predicted molar refractivity (Wildman–Crippen MR) is 98.3 cm³/mol. The highest BCUT2D eigenvalue weighted by Gasteiger charge is 2.21. The van der Waals surface area contributed by atoms with Gasteiger partial charge >= 0.3 is 0 Å². The lowest BCUT2D eigenvalue weighted by atomic mass is 10.2. The number of halogens is 1. The van der Waals surface area contributed by atoms with Crippen LogP contribution in [-0.2, 0) is 9.59 Å². The van der Waals surface area contributed by atoms with Crippen LogP contribution < -0.4 is 15.0 Å². The highest BCUT2D eigenvalue weighted by atomic mass is 35.5. The molecule has 130 valence electrons. The predicted octanol–water partition coefficient (Wildman–Crippen LogP) is 3.79. The highest BCUT2D eigenvalue weighted by Crippen LogP contribution is 2.24. The molecule has 1 fully saturated rings. The van der Waals surface area contributed by atoms with Crippen LogP contribution in [0.1, 0.15) is 18.4 Å². The van der Waals surface area contributed by atoms with Crippen LogP contribution in [0.25, 0.3) is 0 Å². The lowest BCUT2D eigenvalue weighted by Crippen LogP contribution is -2.23. The molecule has 0 unspecified atom stereocenters. The van der Waals surface area contributed by atoms with E-state index < -0.39 is 0 Å². The number of aryl methyl sites for hydroxylation is 1. The van der Waals surface area contributed by atoms with Crippen molar-refractivity contribution in [2.75, 3.05) is 23.4 Å². The molecule has 3 rings (SSSR count). The van der Waals surface area contributed by atoms with E-state index in [1.54, 1.807) is 29.2 Å². The third-order valence-electron chi connectivity index (χ3n) is 3.99. The standard InChI is InChI=1S/C19H19ClN2O3/c1-13-4-9-17(16(20)11-13)21-18(23)12-25-15-7-5-14(6-8-15)22-10-2-3-19(22)24/h4-9,11H,2-3,10,12H2,1H3,(H,21,23). The fraction of sp³-hybridized carbons (Fsp3) is 0.263. The molecule has 1 aliphatic rings. The summed E-state index contributed by atoms with van der Waals surface area (Å²) in [5, 5.41) is 3.21. The minimum atomic E-state index is -0.287. The summed E-state index contributed by atoms with van der Waals surface area (Å²) in [6, 6.07) is 12.6. The number of carbonyl (C=O) groups excluding carboxylic acids is 2. The summed E-state index contributed by atoms with van der Waals surface area (Å²) >= 11 is 6.09. The molecule has 0 atom stereocenters. The van der Waals surface area contributed by atoms with E-state index in [9.17, 15) is 9.59 Å². The number of benzene rings is 2. The first-order valence-corrected chi connectivity index (χ1v) is 8.50. The minimum absolute atomic E-state index is 0.119. The molecule has 2 aromatic rings. The van der Waals surface area contributed by atoms with E-state index >= 15 is 0 Å². The number of anilines is 2. The Balaban J connectivity index is 1.54. The molecule has 2 amide bonds. The summed E-state index contributed by atoms with van der Waals surface area (Å²) in [7, 11) is 0. The van der Waals surface area contributed by atoms with Crippen molar-refractivity contribution >= 4 is 34.8 Å². The van der Waals surface area contributed by atoms with E-state index in [-0.39, 0.29) is 18.4 Å². The number of nitrogens with zero attached hydrogens (tertiary/aromatic N) is 1. The topological polar surface area (TPSA) is 58.6 Å². The third-order valence-corrected chi connectivity index (χ3v) is 4.30. The van der Waals surface area contributed by atoms with Gasteiger partial charge in [0.05, 0.1) is 10.7 Å². The Morgan fingerprint density at radius 1 is 1.24 bits per heavy atom. The average molecular weight is 359 g/mol. The van der Waals surface area contributed by atoms with Gasteiger partial charge in [0.15, 0.2) is 6.61 Å². The van der Waals surface area contributed by atoms with E-state index in [1.165, 1.54) is 0 Å². The van der Waals surface area contributed by atoms with E-state index in [2.05, 4.69) is 5.32 Å². The Kier molecular flexibility index (Phi) is 5.24. The van der Waals surface area contributed by atoms with Gasteiger partial charge in [-0.25, -0.2) is 0 Å². The number of rotatable bonds is 5. The highest BCUT2D eigenvalue weighted by molar-refractivity contribution is 6.33. The summed E-state index contributed by atoms with van der Waals surface area (Å²) < 4.78 is 5.49. The van der Waals surface area contributed by atoms with Gasteiger partial charge < -0.3 is 15.0 Å². The van der Waals surface area contributed by atoms with Gasteiger partial charge in [0, 0.05) is 18.7 Å². The van der Waals surface area contributed by atoms with Gasteiger partial charge in [-0.05, 0) is 55.3 Å². The fourth-order valence-corrected chi connectivity index (χ4v) is 2.98. The van der Waals surface area contributed by atoms with Gasteiger partial charge in [0.1, 0.15) is 5.75 Å². The Hall–Kier alpha value is -2.53. The number of amides is 2. The summed E-state index contributed by atoms with van der Waals surface area (Å²) in [4.78, 5) is 25.5. The lowest BCUT2D eigenvalue weighted by Gasteiger charge is -2.16. The number of carbonyl (C=O) groups is 2. The molecule has 0 spiro atoms. The second-order valence-electron chi connectivity index (χ2n) is 5.96. The third kappa shape index (κ3) is 4.31. The van der Waals surface area contributed by atoms with E-state index in [0.29, 0.717) is 22.9 Å². The van der Waals surface area contributed by atoms with Crippen molar-refractivity contribution in [2.45, 2.75) is 19.8 Å². The van der Waals surface area contributed by atoms with E-state index in [1.807, 2.05) is 25.1 Å². The van der Waals surface area contributed by atoms with Crippen LogP contribution in [0.3, 0.4) is 0 Å². The zero-order valence-electron chi connectivity index (χ0n) is 13.9. The normalized spacial score (nSPS) is 13.8. The maximum Gasteiger partial charge on any atom is 0.262 e. The van der Waals surface area contributed by atoms with Gasteiger partial charge in [-0.2, -0.15) is 0 Å². The number of ether oxygens (including phenoxy) is 1. The molecule has 1 aliphatic heterocycles. The fourth-order valence-electron chi connectivity index (χ4n) is 2.70. The van der Waals surface area contributed by atoms with Crippen LogP contribution in [0.4, 0.5) is 11.4 Å². The van der Waals surface area contributed by atoms with Crippen molar-refractivity contribution in [1.82, 2.24) is 0 Å². The molecule has 0 aromatic heterocycles. The van der Waals surface area contributed by atoms with Gasteiger partial charge in [-0.3, -0.25) is 9.59 Å². The quantitative estimate of drug-likeness (QED) is 0.884. The largest absolute Gasteiger partial charge is 0.484 e. The van der Waals surface area contributed by atoms with Crippen molar-refractivity contribution in [3.63, 3.8) is 0 Å². The molecule has 2 aromatic carbocycles. The Labute approximate surface area is 151 Å². The maximum absolute atomic E-state index is 12.0. The second-order valence-corrected chi connectivity index (χ2v) is 6.37. The smallest absolute Gasteiger partial charge is 0.262 e. The van der Waals surface area contributed by atoms with Crippen LogP contribution in [-0.4, -0.2) is 25.0 Å². The first-order chi connectivity index (χ1) is 12.0. The molecule has 0 radical (unpaired) electrons. The van der Waals surface area contributed by atoms with Crippen molar-refractivity contribution < 1.29 is 14.3 Å². The van der Waals surface area contributed by atoms with Crippen LogP contribution in [0.5, 0.6) is 5.75 Å². The molecule has 6 heteroatoms. The van der Waals surface area contributed by atoms with E-state index in [4.69, 9.17) is 16.3 Å². The maximum atomic E-state index is 12.0. The monoisotopic (exact) mass is 358 g/mol. The molecule has 1 saturated heterocycles. The van der Waals surface area contributed by atoms with Crippen molar-refractivity contribution in [1.29, 1.82) is 0 Å². The molecule has 0 bridgehead atoms. The van der Waals surface area contributed by atoms with Crippen molar-refractivity contribution in [2.24, 2.45) is 0 Å². The molecule has 25 heavy (non-hydrogen) atoms. The van der Waals surface area contributed by atoms with Crippen LogP contribution in [0, 0.1) is 6.92 Å². The summed E-state index contributed by atoms with van der Waals surface area (Å²) in [6.45, 7) is 2.56. The van der Waals surface area contributed by atoms with Gasteiger partial charge in [0.25, 0.3) is 5.91 Å². The van der Waals surface area contributed by atoms with Crippen molar-refractivity contribution in [3.05, 3.63) is 53.1 Å². The van der Waals surface area contributed by atoms with Crippen LogP contribution in [0.15, 0.2) is 42.5 Å². The molecule has 1 heterocycles. The van der Waals surface area contributed by atoms with Crippen LogP contribution >= 0.6 is 11.6 Å². The minimum Gasteiger partial charge on any atom is -0.484 e. The van der Waals surface area contributed by atoms with Crippen molar-refractivity contribution in [3.8, 4) is 5.75 Å². The Morgan fingerprint density at radius 3 is 2.64 bits per heavy atom. The molecular weight excluding hydrogens is 340 g/mol. The second kappa shape index (κ2) is 7.57. The Bertz CT molecular complexity index is 790. The molecular formula is C19H19ClN2O3. The zero-order chi connectivity index (χ0) is 17.8. The molecule has 5 nitrogen and oxygen atoms in total. The lowest BCUT2D eigenvalue weighted by molar-refractivity contribution is -0.118. The van der Waals surface area contributed by atoms with Gasteiger partial charge in [-0.15, -0.1) is 0 Å². The van der Waals surface area contributed by atoms with Gasteiger partial charge in [0.2, 0.25) is 5.91 Å². The molecule has 0 saturated carbocycles. The number of nitrogens with one attached hydrogen (secondary N) is 1. The zero-order valence-corrected chi connectivity index (χ0v) is 14.7. The molecule has 0 aliphatic carbocycles. The number of hydrogen-bond donors (Lipinski definition) is 1. The summed E-state index contributed by atoms with van der Waals surface area (Å²) in [6.07, 6.45) is 1.48. The Morgan fingerprint density at radius 2 is 2.00 bits per heavy atom. The van der Waals surface area contributed by atoms with E-state index in [0.717, 1.165) is 24.2 Å². The molecule has 1 N–H and O–H groups in total. The first kappa shape index (κ1) is 17.3. The SMILES string of the molecule is Cc1ccc(NC(=O)COc2ccc(N3CCCC3=O)cc2)c(Cl)c1. The van der Waals surface area contributed by atoms with Crippen LogP contribution in [0.2, 0.25) is 5.02 Å².